The van der Waals surface area contributed by atoms with E-state index in [2.05, 4.69) is 0 Å². The van der Waals surface area contributed by atoms with Gasteiger partial charge in [-0.15, -0.1) is 0 Å². The van der Waals surface area contributed by atoms with E-state index in [-0.39, 0.29) is 5.92 Å². The van der Waals surface area contributed by atoms with Gasteiger partial charge in [0, 0.05) is 6.08 Å². The lowest BCUT2D eigenvalue weighted by Gasteiger charge is -2.18. The zero-order valence-corrected chi connectivity index (χ0v) is 9.52. The van der Waals surface area contributed by atoms with Crippen LogP contribution >= 0.6 is 0 Å². The topological polar surface area (TPSA) is 98.5 Å². The Labute approximate surface area is 93.8 Å². The number of nitrogens with two attached hydrogens (primary N) is 1. The zero-order chi connectivity index (χ0) is 12.7. The SMILES string of the molecule is C/C=C\C(=O)O[C@@H](C(=O)NC(N)=O)C(C)C. The molecule has 0 heterocycles. The number of esters is 1. The molecule has 0 fully saturated rings. The van der Waals surface area contributed by atoms with E-state index in [1.54, 1.807) is 20.8 Å². The van der Waals surface area contributed by atoms with Gasteiger partial charge in [0.1, 0.15) is 0 Å². The Morgan fingerprint density at radius 3 is 2.25 bits per heavy atom. The van der Waals surface area contributed by atoms with Gasteiger partial charge in [-0.3, -0.25) is 10.1 Å². The van der Waals surface area contributed by atoms with Crippen LogP contribution in [0.15, 0.2) is 12.2 Å². The number of imide groups is 1. The van der Waals surface area contributed by atoms with Crippen LogP contribution in [-0.4, -0.2) is 24.0 Å². The third-order valence-electron chi connectivity index (χ3n) is 1.66. The summed E-state index contributed by atoms with van der Waals surface area (Å²) in [6, 6.07) is -0.974. The third kappa shape index (κ3) is 5.14. The van der Waals surface area contributed by atoms with Gasteiger partial charge in [0.2, 0.25) is 0 Å². The number of rotatable bonds is 4. The number of carbonyl (C=O) groups is 3. The highest BCUT2D eigenvalue weighted by Gasteiger charge is 2.26. The largest absolute Gasteiger partial charge is 0.449 e. The van der Waals surface area contributed by atoms with Crippen LogP contribution in [0.2, 0.25) is 0 Å². The average Bonchev–Trinajstić information content (AvgIpc) is 2.12. The maximum atomic E-state index is 11.4. The van der Waals surface area contributed by atoms with Gasteiger partial charge in [-0.1, -0.05) is 19.9 Å². The van der Waals surface area contributed by atoms with Crippen molar-refractivity contribution in [2.24, 2.45) is 11.7 Å². The summed E-state index contributed by atoms with van der Waals surface area (Å²) in [6.45, 7) is 5.03. The Morgan fingerprint density at radius 2 is 1.88 bits per heavy atom. The lowest BCUT2D eigenvalue weighted by molar-refractivity contribution is -0.153. The Bertz CT molecular complexity index is 310. The summed E-state index contributed by atoms with van der Waals surface area (Å²) >= 11 is 0. The van der Waals surface area contributed by atoms with Gasteiger partial charge in [0.25, 0.3) is 5.91 Å². The number of urea groups is 1. The fraction of sp³-hybridized carbons (Fsp3) is 0.500. The standard InChI is InChI=1S/C10H16N2O4/c1-4-5-7(13)16-8(6(2)3)9(14)12-10(11)15/h4-6,8H,1-3H3,(H3,11,12,14,15)/b5-4-/t8-/m1/s1. The molecule has 0 aromatic heterocycles. The van der Waals surface area contributed by atoms with Crippen LogP contribution in [-0.2, 0) is 14.3 Å². The Morgan fingerprint density at radius 1 is 1.31 bits per heavy atom. The number of amides is 3. The number of hydrogen-bond acceptors (Lipinski definition) is 4. The third-order valence-corrected chi connectivity index (χ3v) is 1.66. The number of ether oxygens (including phenoxy) is 1. The minimum absolute atomic E-state index is 0.256. The van der Waals surface area contributed by atoms with Crippen molar-refractivity contribution in [1.82, 2.24) is 5.32 Å². The second-order valence-corrected chi connectivity index (χ2v) is 3.46. The lowest BCUT2D eigenvalue weighted by atomic mass is 10.1. The highest BCUT2D eigenvalue weighted by atomic mass is 16.5. The Balaban J connectivity index is 4.55. The van der Waals surface area contributed by atoms with Gasteiger partial charge < -0.3 is 10.5 Å². The van der Waals surface area contributed by atoms with Crippen LogP contribution in [0.5, 0.6) is 0 Å². The van der Waals surface area contributed by atoms with Gasteiger partial charge in [0.05, 0.1) is 0 Å². The maximum absolute atomic E-state index is 11.4. The fourth-order valence-electron chi connectivity index (χ4n) is 0.985. The van der Waals surface area contributed by atoms with Crippen LogP contribution in [0.3, 0.4) is 0 Å². The van der Waals surface area contributed by atoms with Gasteiger partial charge in [-0.05, 0) is 12.8 Å². The molecule has 0 spiro atoms. The van der Waals surface area contributed by atoms with E-state index in [9.17, 15) is 14.4 Å². The van der Waals surface area contributed by atoms with Crippen molar-refractivity contribution in [1.29, 1.82) is 0 Å². The molecular weight excluding hydrogens is 212 g/mol. The van der Waals surface area contributed by atoms with Crippen LogP contribution in [0, 0.1) is 5.92 Å². The summed E-state index contributed by atoms with van der Waals surface area (Å²) < 4.78 is 4.87. The predicted molar refractivity (Wildman–Crippen MR) is 57.3 cm³/mol. The van der Waals surface area contributed by atoms with Gasteiger partial charge in [-0.25, -0.2) is 9.59 Å². The molecule has 16 heavy (non-hydrogen) atoms. The van der Waals surface area contributed by atoms with Crippen molar-refractivity contribution in [3.8, 4) is 0 Å². The second kappa shape index (κ2) is 6.60. The molecule has 0 aromatic rings. The number of hydrogen-bond donors (Lipinski definition) is 2. The summed E-state index contributed by atoms with van der Waals surface area (Å²) in [6.07, 6.45) is 1.65. The maximum Gasteiger partial charge on any atom is 0.331 e. The minimum Gasteiger partial charge on any atom is -0.449 e. The monoisotopic (exact) mass is 228 g/mol. The smallest absolute Gasteiger partial charge is 0.331 e. The molecule has 0 aromatic carbocycles. The quantitative estimate of drug-likeness (QED) is 0.535. The van der Waals surface area contributed by atoms with Crippen molar-refractivity contribution < 1.29 is 19.1 Å². The molecule has 0 saturated heterocycles. The van der Waals surface area contributed by atoms with Crippen LogP contribution in [0.4, 0.5) is 4.79 Å². The minimum atomic E-state index is -1.03. The van der Waals surface area contributed by atoms with Crippen molar-refractivity contribution in [3.63, 3.8) is 0 Å². The van der Waals surface area contributed by atoms with E-state index in [1.807, 2.05) is 5.32 Å². The molecule has 0 aliphatic rings. The van der Waals surface area contributed by atoms with Gasteiger partial charge in [-0.2, -0.15) is 0 Å². The number of nitrogens with one attached hydrogen (secondary N) is 1. The molecule has 1 atom stereocenters. The molecule has 0 radical (unpaired) electrons. The summed E-state index contributed by atoms with van der Waals surface area (Å²) in [5.74, 6) is -1.62. The molecule has 6 heteroatoms. The summed E-state index contributed by atoms with van der Waals surface area (Å²) in [5, 5.41) is 1.87. The first-order valence-electron chi connectivity index (χ1n) is 4.82. The first-order chi connectivity index (χ1) is 7.38. The van der Waals surface area contributed by atoms with E-state index in [4.69, 9.17) is 10.5 Å². The van der Waals surface area contributed by atoms with Crippen molar-refractivity contribution in [2.75, 3.05) is 0 Å². The molecule has 0 aliphatic carbocycles. The van der Waals surface area contributed by atoms with Crippen LogP contribution in [0.1, 0.15) is 20.8 Å². The van der Waals surface area contributed by atoms with Crippen LogP contribution < -0.4 is 11.1 Å². The van der Waals surface area contributed by atoms with E-state index >= 15 is 0 Å². The summed E-state index contributed by atoms with van der Waals surface area (Å²) in [5.41, 5.74) is 4.80. The van der Waals surface area contributed by atoms with E-state index in [0.29, 0.717) is 0 Å². The Kier molecular flexibility index (Phi) is 5.84. The molecule has 0 saturated carbocycles. The number of primary amides is 1. The van der Waals surface area contributed by atoms with Crippen molar-refractivity contribution >= 4 is 17.9 Å². The fourth-order valence-corrected chi connectivity index (χ4v) is 0.985. The second-order valence-electron chi connectivity index (χ2n) is 3.46. The molecule has 0 aliphatic heterocycles. The summed E-state index contributed by atoms with van der Waals surface area (Å²) in [4.78, 5) is 33.0. The summed E-state index contributed by atoms with van der Waals surface area (Å²) in [7, 11) is 0. The van der Waals surface area contributed by atoms with Crippen molar-refractivity contribution in [3.05, 3.63) is 12.2 Å². The molecular formula is C10H16N2O4. The Hall–Kier alpha value is -1.85. The molecule has 6 nitrogen and oxygen atoms in total. The van der Waals surface area contributed by atoms with E-state index in [0.717, 1.165) is 0 Å². The van der Waals surface area contributed by atoms with E-state index in [1.165, 1.54) is 12.2 Å². The zero-order valence-electron chi connectivity index (χ0n) is 9.52. The average molecular weight is 228 g/mol. The molecule has 0 bridgehead atoms. The predicted octanol–water partition coefficient (Wildman–Crippen LogP) is 0.325. The lowest BCUT2D eigenvalue weighted by Crippen LogP contribution is -2.45. The van der Waals surface area contributed by atoms with Crippen LogP contribution in [0.25, 0.3) is 0 Å². The highest BCUT2D eigenvalue weighted by Crippen LogP contribution is 2.07. The van der Waals surface area contributed by atoms with Gasteiger partial charge >= 0.3 is 12.0 Å². The van der Waals surface area contributed by atoms with E-state index < -0.39 is 24.0 Å². The van der Waals surface area contributed by atoms with Crippen molar-refractivity contribution in [2.45, 2.75) is 26.9 Å². The van der Waals surface area contributed by atoms with Gasteiger partial charge in [0.15, 0.2) is 6.10 Å². The molecule has 3 N–H and O–H groups in total. The highest BCUT2D eigenvalue weighted by molar-refractivity contribution is 5.97. The normalized spacial score (nSPS) is 12.5. The molecule has 0 rings (SSSR count). The molecule has 0 unspecified atom stereocenters. The number of carbonyl (C=O) groups excluding carboxylic acids is 3. The first-order valence-corrected chi connectivity index (χ1v) is 4.82. The molecule has 90 valence electrons. The first kappa shape index (κ1) is 14.2. The molecule has 3 amide bonds. The number of allylic oxidation sites excluding steroid dienone is 1.